The van der Waals surface area contributed by atoms with Crippen molar-refractivity contribution in [1.82, 2.24) is 9.80 Å². The fraction of sp³-hybridized carbons (Fsp3) is 0.350. The predicted molar refractivity (Wildman–Crippen MR) is 110 cm³/mol. The first kappa shape index (κ1) is 20.3. The largest absolute Gasteiger partial charge is 0.325 e. The van der Waals surface area contributed by atoms with E-state index in [1.165, 1.54) is 17.7 Å². The second-order valence-corrected chi connectivity index (χ2v) is 7.32. The molecule has 1 amide bonds. The predicted octanol–water partition coefficient (Wildman–Crippen LogP) is 3.39. The fourth-order valence-electron chi connectivity index (χ4n) is 3.26. The monoisotopic (exact) mass is 402 g/mol. The highest BCUT2D eigenvalue weighted by molar-refractivity contribution is 6.30. The van der Waals surface area contributed by atoms with Gasteiger partial charge in [-0.3, -0.25) is 24.7 Å². The molecule has 0 atom stereocenters. The molecule has 0 spiro atoms. The van der Waals surface area contributed by atoms with Gasteiger partial charge in [-0.05, 0) is 49.3 Å². The molecule has 0 bridgehead atoms. The molecule has 1 aliphatic heterocycles. The Hall–Kier alpha value is -2.48. The highest BCUT2D eigenvalue weighted by Crippen LogP contribution is 2.16. The molecular formula is C20H23ClN4O3. The van der Waals surface area contributed by atoms with Gasteiger partial charge in [-0.1, -0.05) is 23.7 Å². The van der Waals surface area contributed by atoms with Crippen LogP contribution in [0.4, 0.5) is 11.4 Å². The maximum atomic E-state index is 12.3. The highest BCUT2D eigenvalue weighted by Gasteiger charge is 2.17. The van der Waals surface area contributed by atoms with E-state index in [0.29, 0.717) is 12.2 Å². The van der Waals surface area contributed by atoms with E-state index in [2.05, 4.69) is 15.1 Å². The Balaban J connectivity index is 1.46. The Bertz CT molecular complexity index is 811. The molecule has 148 valence electrons. The third-order valence-electron chi connectivity index (χ3n) is 4.73. The molecule has 1 N–H and O–H groups in total. The van der Waals surface area contributed by atoms with E-state index < -0.39 is 4.92 Å². The summed E-state index contributed by atoms with van der Waals surface area (Å²) >= 11 is 5.94. The Labute approximate surface area is 169 Å². The molecule has 0 radical (unpaired) electrons. The van der Waals surface area contributed by atoms with Gasteiger partial charge in [-0.2, -0.15) is 0 Å². The third-order valence-corrected chi connectivity index (χ3v) is 4.98. The van der Waals surface area contributed by atoms with Crippen molar-refractivity contribution in [2.45, 2.75) is 13.0 Å². The molecule has 1 fully saturated rings. The first-order chi connectivity index (χ1) is 13.5. The number of nitro groups is 1. The van der Waals surface area contributed by atoms with E-state index in [1.807, 2.05) is 24.3 Å². The molecule has 3 rings (SSSR count). The molecule has 7 nitrogen and oxygen atoms in total. The van der Waals surface area contributed by atoms with Gasteiger partial charge in [0.2, 0.25) is 5.91 Å². The number of rotatable bonds is 6. The summed E-state index contributed by atoms with van der Waals surface area (Å²) in [5, 5.41) is 14.2. The maximum Gasteiger partial charge on any atom is 0.269 e. The van der Waals surface area contributed by atoms with Crippen LogP contribution >= 0.6 is 11.6 Å². The summed E-state index contributed by atoms with van der Waals surface area (Å²) in [6, 6.07) is 13.8. The average molecular weight is 403 g/mol. The van der Waals surface area contributed by atoms with Gasteiger partial charge in [0.05, 0.1) is 11.5 Å². The smallest absolute Gasteiger partial charge is 0.269 e. The molecule has 1 aliphatic rings. The number of amides is 1. The van der Waals surface area contributed by atoms with E-state index in [-0.39, 0.29) is 11.6 Å². The van der Waals surface area contributed by atoms with Gasteiger partial charge in [0.1, 0.15) is 0 Å². The molecule has 0 saturated carbocycles. The van der Waals surface area contributed by atoms with E-state index in [4.69, 9.17) is 11.6 Å². The molecule has 0 aromatic heterocycles. The molecule has 0 aliphatic carbocycles. The van der Waals surface area contributed by atoms with Crippen LogP contribution < -0.4 is 5.32 Å². The second kappa shape index (κ2) is 9.64. The number of benzene rings is 2. The molecule has 2 aromatic carbocycles. The quantitative estimate of drug-likeness (QED) is 0.591. The fourth-order valence-corrected chi connectivity index (χ4v) is 3.38. The lowest BCUT2D eigenvalue weighted by Crippen LogP contribution is -2.36. The van der Waals surface area contributed by atoms with Crippen molar-refractivity contribution < 1.29 is 9.72 Å². The Morgan fingerprint density at radius 2 is 1.64 bits per heavy atom. The summed E-state index contributed by atoms with van der Waals surface area (Å²) in [5.41, 5.74) is 1.80. The molecular weight excluding hydrogens is 380 g/mol. The minimum absolute atomic E-state index is 0.00583. The third kappa shape index (κ3) is 6.02. The van der Waals surface area contributed by atoms with E-state index in [1.54, 1.807) is 12.1 Å². The number of non-ortho nitro benzene ring substituents is 1. The zero-order valence-electron chi connectivity index (χ0n) is 15.5. The van der Waals surface area contributed by atoms with Crippen molar-refractivity contribution in [3.05, 3.63) is 69.2 Å². The van der Waals surface area contributed by atoms with Crippen LogP contribution in [0.25, 0.3) is 0 Å². The summed E-state index contributed by atoms with van der Waals surface area (Å²) in [6.45, 7) is 4.76. The Morgan fingerprint density at radius 3 is 2.32 bits per heavy atom. The molecule has 8 heteroatoms. The standard InChI is InChI=1S/C20H23ClN4O3/c21-17-4-2-16(3-5-17)14-23-10-1-11-24(13-12-23)15-20(26)22-18-6-8-19(9-7-18)25(27)28/h2-9H,1,10-15H2,(H,22,26). The SMILES string of the molecule is O=C(CN1CCCN(Cc2ccc(Cl)cc2)CC1)Nc1ccc([N+](=O)[O-])cc1. The van der Waals surface area contributed by atoms with Crippen molar-refractivity contribution in [2.24, 2.45) is 0 Å². The van der Waals surface area contributed by atoms with Gasteiger partial charge in [0.25, 0.3) is 5.69 Å². The topological polar surface area (TPSA) is 78.7 Å². The highest BCUT2D eigenvalue weighted by atomic mass is 35.5. The molecule has 1 saturated heterocycles. The minimum Gasteiger partial charge on any atom is -0.325 e. The number of nitro benzene ring substituents is 1. The lowest BCUT2D eigenvalue weighted by atomic mass is 10.2. The van der Waals surface area contributed by atoms with Crippen LogP contribution in [0.15, 0.2) is 48.5 Å². The average Bonchev–Trinajstić information content (AvgIpc) is 2.89. The zero-order valence-corrected chi connectivity index (χ0v) is 16.3. The van der Waals surface area contributed by atoms with Gasteiger partial charge in [-0.15, -0.1) is 0 Å². The van der Waals surface area contributed by atoms with Crippen LogP contribution in [-0.2, 0) is 11.3 Å². The van der Waals surface area contributed by atoms with Gasteiger partial charge in [0, 0.05) is 42.5 Å². The van der Waals surface area contributed by atoms with Crippen LogP contribution in [0.5, 0.6) is 0 Å². The minimum atomic E-state index is -0.460. The van der Waals surface area contributed by atoms with Gasteiger partial charge < -0.3 is 5.32 Å². The molecule has 28 heavy (non-hydrogen) atoms. The maximum absolute atomic E-state index is 12.3. The van der Waals surface area contributed by atoms with Crippen LogP contribution in [0.1, 0.15) is 12.0 Å². The number of carbonyl (C=O) groups is 1. The number of halogens is 1. The number of hydrogen-bond donors (Lipinski definition) is 1. The summed E-state index contributed by atoms with van der Waals surface area (Å²) in [7, 11) is 0. The van der Waals surface area contributed by atoms with Crippen molar-refractivity contribution in [1.29, 1.82) is 0 Å². The summed E-state index contributed by atoms with van der Waals surface area (Å²) in [6.07, 6.45) is 0.998. The number of nitrogens with one attached hydrogen (secondary N) is 1. The van der Waals surface area contributed by atoms with Gasteiger partial charge in [-0.25, -0.2) is 0 Å². The molecule has 1 heterocycles. The second-order valence-electron chi connectivity index (χ2n) is 6.88. The number of nitrogens with zero attached hydrogens (tertiary/aromatic N) is 3. The first-order valence-electron chi connectivity index (χ1n) is 9.23. The number of carbonyl (C=O) groups excluding carboxylic acids is 1. The first-order valence-corrected chi connectivity index (χ1v) is 9.61. The summed E-state index contributed by atoms with van der Waals surface area (Å²) in [5.74, 6) is -0.111. The normalized spacial score (nSPS) is 15.8. The Kier molecular flexibility index (Phi) is 6.97. The van der Waals surface area contributed by atoms with Crippen LogP contribution in [0, 0.1) is 10.1 Å². The van der Waals surface area contributed by atoms with Gasteiger partial charge >= 0.3 is 0 Å². The van der Waals surface area contributed by atoms with Crippen LogP contribution in [0.3, 0.4) is 0 Å². The lowest BCUT2D eigenvalue weighted by Gasteiger charge is -2.21. The Morgan fingerprint density at radius 1 is 1.00 bits per heavy atom. The lowest BCUT2D eigenvalue weighted by molar-refractivity contribution is -0.384. The zero-order chi connectivity index (χ0) is 19.9. The van der Waals surface area contributed by atoms with Crippen molar-refractivity contribution in [3.8, 4) is 0 Å². The van der Waals surface area contributed by atoms with Crippen molar-refractivity contribution >= 4 is 28.9 Å². The number of hydrogen-bond acceptors (Lipinski definition) is 5. The summed E-state index contributed by atoms with van der Waals surface area (Å²) in [4.78, 5) is 27.1. The van der Waals surface area contributed by atoms with Crippen LogP contribution in [-0.4, -0.2) is 53.4 Å². The molecule has 0 unspecified atom stereocenters. The molecule has 2 aromatic rings. The van der Waals surface area contributed by atoms with E-state index >= 15 is 0 Å². The van der Waals surface area contributed by atoms with Crippen molar-refractivity contribution in [2.75, 3.05) is 38.0 Å². The van der Waals surface area contributed by atoms with Crippen molar-refractivity contribution in [3.63, 3.8) is 0 Å². The summed E-state index contributed by atoms with van der Waals surface area (Å²) < 4.78 is 0. The van der Waals surface area contributed by atoms with Crippen LogP contribution in [0.2, 0.25) is 5.02 Å². The van der Waals surface area contributed by atoms with E-state index in [0.717, 1.165) is 44.2 Å². The van der Waals surface area contributed by atoms with E-state index in [9.17, 15) is 14.9 Å². The van der Waals surface area contributed by atoms with Gasteiger partial charge in [0.15, 0.2) is 0 Å². The number of anilines is 1.